The maximum absolute atomic E-state index is 13.4. The molecule has 7 heteroatoms. The van der Waals surface area contributed by atoms with Crippen LogP contribution in [0.5, 0.6) is 0 Å². The van der Waals surface area contributed by atoms with Gasteiger partial charge < -0.3 is 8.98 Å². The van der Waals surface area contributed by atoms with E-state index in [2.05, 4.69) is 46.8 Å². The predicted molar refractivity (Wildman–Crippen MR) is 144 cm³/mol. The van der Waals surface area contributed by atoms with Gasteiger partial charge in [-0.2, -0.15) is 0 Å². The summed E-state index contributed by atoms with van der Waals surface area (Å²) >= 11 is 1.39. The molecule has 0 aliphatic heterocycles. The molecule has 3 heterocycles. The Balaban J connectivity index is 1.45. The lowest BCUT2D eigenvalue weighted by molar-refractivity contribution is 0.102. The standard InChI is InChI=1S/C29H28N4O2S/c1-18-13-19(2)15-24(14-18)32-20(3)16-26(21(32)4)27(34)17-36-29-31-30-28(25-11-12-35-22(25)5)33(29)23-9-7-6-8-10-23/h6-16H,17H2,1-5H3. The minimum absolute atomic E-state index is 0.0624. The van der Waals surface area contributed by atoms with E-state index < -0.39 is 0 Å². The van der Waals surface area contributed by atoms with Crippen LogP contribution in [0.2, 0.25) is 0 Å². The van der Waals surface area contributed by atoms with E-state index in [1.807, 2.05) is 67.8 Å². The Morgan fingerprint density at radius 2 is 1.58 bits per heavy atom. The molecule has 0 fully saturated rings. The zero-order chi connectivity index (χ0) is 25.4. The third-order valence-corrected chi connectivity index (χ3v) is 7.20. The summed E-state index contributed by atoms with van der Waals surface area (Å²) in [6.45, 7) is 10.1. The van der Waals surface area contributed by atoms with Crippen LogP contribution in [0.25, 0.3) is 22.8 Å². The molecule has 2 aromatic carbocycles. The van der Waals surface area contributed by atoms with Gasteiger partial charge in [-0.15, -0.1) is 10.2 Å². The van der Waals surface area contributed by atoms with E-state index in [1.54, 1.807) is 6.26 Å². The van der Waals surface area contributed by atoms with Crippen molar-refractivity contribution in [1.82, 2.24) is 19.3 Å². The Morgan fingerprint density at radius 3 is 2.25 bits per heavy atom. The summed E-state index contributed by atoms with van der Waals surface area (Å²) in [6.07, 6.45) is 1.65. The maximum Gasteiger partial charge on any atom is 0.196 e. The SMILES string of the molecule is Cc1cc(C)cc(-n2c(C)cc(C(=O)CSc3nnc(-c4ccoc4C)n3-c3ccccc3)c2C)c1. The predicted octanol–water partition coefficient (Wildman–Crippen LogP) is 6.84. The van der Waals surface area contributed by atoms with Crippen molar-refractivity contribution in [2.45, 2.75) is 39.8 Å². The highest BCUT2D eigenvalue weighted by atomic mass is 32.2. The molecule has 0 spiro atoms. The Hall–Kier alpha value is -3.84. The molecule has 0 saturated heterocycles. The van der Waals surface area contributed by atoms with E-state index >= 15 is 0 Å². The molecule has 36 heavy (non-hydrogen) atoms. The number of carbonyl (C=O) groups is 1. The lowest BCUT2D eigenvalue weighted by Crippen LogP contribution is -2.07. The number of ketones is 1. The number of rotatable bonds is 7. The van der Waals surface area contributed by atoms with Gasteiger partial charge in [-0.25, -0.2) is 0 Å². The third kappa shape index (κ3) is 4.42. The second-order valence-corrected chi connectivity index (χ2v) is 9.99. The summed E-state index contributed by atoms with van der Waals surface area (Å²) < 4.78 is 9.65. The third-order valence-electron chi connectivity index (χ3n) is 6.28. The number of aromatic nitrogens is 4. The van der Waals surface area contributed by atoms with Gasteiger partial charge in [0.15, 0.2) is 16.8 Å². The molecule has 0 aliphatic carbocycles. The molecule has 0 unspecified atom stereocenters. The number of Topliss-reactive ketones (excluding diaryl/α,β-unsaturated/α-hetero) is 1. The van der Waals surface area contributed by atoms with E-state index in [4.69, 9.17) is 4.42 Å². The van der Waals surface area contributed by atoms with Crippen molar-refractivity contribution in [3.05, 3.63) is 101 Å². The van der Waals surface area contributed by atoms with Crippen molar-refractivity contribution in [2.24, 2.45) is 0 Å². The first-order valence-corrected chi connectivity index (χ1v) is 12.8. The number of furan rings is 1. The monoisotopic (exact) mass is 496 g/mol. The molecular weight excluding hydrogens is 468 g/mol. The van der Waals surface area contributed by atoms with Crippen LogP contribution in [0.4, 0.5) is 0 Å². The fourth-order valence-corrected chi connectivity index (χ4v) is 5.53. The summed E-state index contributed by atoms with van der Waals surface area (Å²) in [5, 5.41) is 9.56. The van der Waals surface area contributed by atoms with Gasteiger partial charge >= 0.3 is 0 Å². The van der Waals surface area contributed by atoms with Crippen molar-refractivity contribution >= 4 is 17.5 Å². The number of hydrogen-bond acceptors (Lipinski definition) is 5. The minimum Gasteiger partial charge on any atom is -0.469 e. The zero-order valence-electron chi connectivity index (χ0n) is 21.1. The molecular formula is C29H28N4O2S. The summed E-state index contributed by atoms with van der Waals surface area (Å²) in [4.78, 5) is 13.4. The van der Waals surface area contributed by atoms with Crippen molar-refractivity contribution < 1.29 is 9.21 Å². The summed E-state index contributed by atoms with van der Waals surface area (Å²) in [5.41, 5.74) is 8.00. The Kier molecular flexibility index (Phi) is 6.41. The highest BCUT2D eigenvalue weighted by molar-refractivity contribution is 7.99. The van der Waals surface area contributed by atoms with E-state index in [0.29, 0.717) is 11.0 Å². The quantitative estimate of drug-likeness (QED) is 0.182. The number of hydrogen-bond donors (Lipinski definition) is 0. The van der Waals surface area contributed by atoms with Gasteiger partial charge in [-0.05, 0) is 82.1 Å². The van der Waals surface area contributed by atoms with Crippen LogP contribution >= 0.6 is 11.8 Å². The first kappa shape index (κ1) is 23.9. The average Bonchev–Trinajstić information content (AvgIpc) is 3.53. The van der Waals surface area contributed by atoms with Crippen molar-refractivity contribution in [3.63, 3.8) is 0 Å². The smallest absolute Gasteiger partial charge is 0.196 e. The molecule has 0 aliphatic rings. The molecule has 0 N–H and O–H groups in total. The van der Waals surface area contributed by atoms with E-state index in [1.165, 1.54) is 22.9 Å². The van der Waals surface area contributed by atoms with Gasteiger partial charge in [0.05, 0.1) is 17.6 Å². The van der Waals surface area contributed by atoms with Crippen LogP contribution in [0.3, 0.4) is 0 Å². The van der Waals surface area contributed by atoms with Crippen LogP contribution < -0.4 is 0 Å². The van der Waals surface area contributed by atoms with Gasteiger partial charge in [-0.1, -0.05) is 36.0 Å². The molecule has 6 nitrogen and oxygen atoms in total. The summed E-state index contributed by atoms with van der Waals surface area (Å²) in [6, 6.07) is 20.3. The topological polar surface area (TPSA) is 65.8 Å². The lowest BCUT2D eigenvalue weighted by atomic mass is 10.1. The molecule has 5 aromatic rings. The number of thioether (sulfide) groups is 1. The Bertz CT molecular complexity index is 1540. The molecule has 182 valence electrons. The van der Waals surface area contributed by atoms with E-state index in [9.17, 15) is 4.79 Å². The number of aryl methyl sites for hydroxylation is 4. The van der Waals surface area contributed by atoms with Crippen LogP contribution in [-0.2, 0) is 0 Å². The molecule has 0 bridgehead atoms. The van der Waals surface area contributed by atoms with Crippen LogP contribution in [0.15, 0.2) is 76.5 Å². The second kappa shape index (κ2) is 9.66. The first-order valence-electron chi connectivity index (χ1n) is 11.8. The highest BCUT2D eigenvalue weighted by Gasteiger charge is 2.22. The van der Waals surface area contributed by atoms with Crippen molar-refractivity contribution in [3.8, 4) is 22.8 Å². The maximum atomic E-state index is 13.4. The van der Waals surface area contributed by atoms with Crippen LogP contribution in [0, 0.1) is 34.6 Å². The number of nitrogens with zero attached hydrogens (tertiary/aromatic N) is 4. The molecule has 0 atom stereocenters. The fraction of sp³-hybridized carbons (Fsp3) is 0.207. The molecule has 0 radical (unpaired) electrons. The zero-order valence-corrected chi connectivity index (χ0v) is 21.9. The summed E-state index contributed by atoms with van der Waals surface area (Å²) in [5.74, 6) is 1.78. The van der Waals surface area contributed by atoms with Gasteiger partial charge in [0.1, 0.15) is 5.76 Å². The van der Waals surface area contributed by atoms with Gasteiger partial charge in [0.25, 0.3) is 0 Å². The van der Waals surface area contributed by atoms with Gasteiger partial charge in [0, 0.05) is 28.3 Å². The highest BCUT2D eigenvalue weighted by Crippen LogP contribution is 2.31. The normalized spacial score (nSPS) is 11.2. The Labute approximate surface area is 215 Å². The van der Waals surface area contributed by atoms with Crippen molar-refractivity contribution in [2.75, 3.05) is 5.75 Å². The molecule has 0 amide bonds. The molecule has 3 aromatic heterocycles. The number of carbonyl (C=O) groups excluding carboxylic acids is 1. The summed E-state index contributed by atoms with van der Waals surface area (Å²) in [7, 11) is 0. The van der Waals surface area contributed by atoms with Gasteiger partial charge in [0.2, 0.25) is 0 Å². The fourth-order valence-electron chi connectivity index (χ4n) is 4.69. The Morgan fingerprint density at radius 1 is 0.861 bits per heavy atom. The van der Waals surface area contributed by atoms with Crippen LogP contribution in [-0.4, -0.2) is 30.9 Å². The van der Waals surface area contributed by atoms with Gasteiger partial charge in [-0.3, -0.25) is 9.36 Å². The van der Waals surface area contributed by atoms with Crippen LogP contribution in [0.1, 0.15) is 38.6 Å². The van der Waals surface area contributed by atoms with Crippen molar-refractivity contribution in [1.29, 1.82) is 0 Å². The average molecular weight is 497 g/mol. The van der Waals surface area contributed by atoms with E-state index in [0.717, 1.165) is 39.6 Å². The van der Waals surface area contributed by atoms with E-state index in [-0.39, 0.29) is 11.5 Å². The largest absolute Gasteiger partial charge is 0.469 e. The number of benzene rings is 2. The molecule has 0 saturated carbocycles. The minimum atomic E-state index is 0.0624. The second-order valence-electron chi connectivity index (χ2n) is 9.05. The number of para-hydroxylation sites is 1. The molecule has 5 rings (SSSR count). The lowest BCUT2D eigenvalue weighted by Gasteiger charge is -2.12. The first-order chi connectivity index (χ1) is 17.3.